The minimum absolute atomic E-state index is 0.0759. The first-order valence-electron chi connectivity index (χ1n) is 7.10. The summed E-state index contributed by atoms with van der Waals surface area (Å²) in [7, 11) is 0. The lowest BCUT2D eigenvalue weighted by Gasteiger charge is -2.25. The van der Waals surface area contributed by atoms with Crippen LogP contribution in [0, 0.1) is 0 Å². The smallest absolute Gasteiger partial charge is 0.265 e. The van der Waals surface area contributed by atoms with Crippen molar-refractivity contribution in [2.24, 2.45) is 0 Å². The summed E-state index contributed by atoms with van der Waals surface area (Å²) in [6, 6.07) is 11.9. The van der Waals surface area contributed by atoms with Crippen LogP contribution in [0.25, 0.3) is 11.0 Å². The second-order valence-electron chi connectivity index (χ2n) is 5.24. The van der Waals surface area contributed by atoms with Gasteiger partial charge in [-0.05, 0) is 36.4 Å². The van der Waals surface area contributed by atoms with E-state index in [1.54, 1.807) is 0 Å². The van der Waals surface area contributed by atoms with E-state index in [-0.39, 0.29) is 12.1 Å². The molecule has 5 heteroatoms. The monoisotopic (exact) mass is 297 g/mol. The van der Waals surface area contributed by atoms with Gasteiger partial charge in [-0.2, -0.15) is 0 Å². The first kappa shape index (κ1) is 12.6. The predicted octanol–water partition coefficient (Wildman–Crippen LogP) is 3.53. The SMILES string of the molecule is O=C(c1cccs1)N1CCC[C@H]1n1cnc2ccccc21. The molecule has 3 heterocycles. The molecule has 0 saturated carbocycles. The highest BCUT2D eigenvalue weighted by Gasteiger charge is 2.31. The van der Waals surface area contributed by atoms with Gasteiger partial charge in [0.15, 0.2) is 0 Å². The number of hydrogen-bond donors (Lipinski definition) is 0. The van der Waals surface area contributed by atoms with E-state index in [4.69, 9.17) is 0 Å². The van der Waals surface area contributed by atoms with Crippen molar-refractivity contribution in [3.8, 4) is 0 Å². The third kappa shape index (κ3) is 2.05. The summed E-state index contributed by atoms with van der Waals surface area (Å²) < 4.78 is 2.13. The minimum atomic E-state index is 0.0759. The molecule has 1 atom stereocenters. The minimum Gasteiger partial charge on any atom is -0.317 e. The molecule has 0 unspecified atom stereocenters. The van der Waals surface area contributed by atoms with Crippen molar-refractivity contribution in [1.82, 2.24) is 14.5 Å². The number of fused-ring (bicyclic) bond motifs is 1. The second-order valence-corrected chi connectivity index (χ2v) is 6.19. The molecule has 0 bridgehead atoms. The lowest BCUT2D eigenvalue weighted by atomic mass is 10.3. The number of thiophene rings is 1. The average Bonchev–Trinajstić information content (AvgIpc) is 3.25. The molecule has 1 aliphatic rings. The molecule has 4 rings (SSSR count). The summed E-state index contributed by atoms with van der Waals surface area (Å²) in [5, 5.41) is 1.95. The van der Waals surface area contributed by atoms with Crippen LogP contribution in [0.1, 0.15) is 28.7 Å². The van der Waals surface area contributed by atoms with Crippen molar-refractivity contribution < 1.29 is 4.79 Å². The summed E-state index contributed by atoms with van der Waals surface area (Å²) in [5.74, 6) is 0.130. The van der Waals surface area contributed by atoms with Crippen LogP contribution in [0.3, 0.4) is 0 Å². The van der Waals surface area contributed by atoms with Crippen LogP contribution in [0.15, 0.2) is 48.1 Å². The van der Waals surface area contributed by atoms with Gasteiger partial charge >= 0.3 is 0 Å². The number of para-hydroxylation sites is 2. The normalized spacial score (nSPS) is 18.5. The van der Waals surface area contributed by atoms with Crippen LogP contribution in [0.5, 0.6) is 0 Å². The molecule has 106 valence electrons. The summed E-state index contributed by atoms with van der Waals surface area (Å²) in [6.45, 7) is 0.813. The number of benzene rings is 1. The summed E-state index contributed by atoms with van der Waals surface area (Å²) in [6.07, 6.45) is 3.95. The molecule has 0 N–H and O–H groups in total. The Hall–Kier alpha value is -2.14. The number of amides is 1. The Morgan fingerprint density at radius 1 is 1.24 bits per heavy atom. The van der Waals surface area contributed by atoms with Crippen LogP contribution in [0.4, 0.5) is 0 Å². The van der Waals surface area contributed by atoms with Gasteiger partial charge in [0.1, 0.15) is 6.17 Å². The van der Waals surface area contributed by atoms with Crippen LogP contribution in [0.2, 0.25) is 0 Å². The van der Waals surface area contributed by atoms with Gasteiger partial charge in [0.05, 0.1) is 22.2 Å². The zero-order valence-electron chi connectivity index (χ0n) is 11.5. The van der Waals surface area contributed by atoms with Crippen molar-refractivity contribution in [1.29, 1.82) is 0 Å². The fourth-order valence-electron chi connectivity index (χ4n) is 3.03. The first-order valence-corrected chi connectivity index (χ1v) is 7.98. The van der Waals surface area contributed by atoms with Crippen molar-refractivity contribution in [2.75, 3.05) is 6.54 Å². The van der Waals surface area contributed by atoms with Crippen LogP contribution in [-0.2, 0) is 0 Å². The molecule has 1 fully saturated rings. The molecular weight excluding hydrogens is 282 g/mol. The van der Waals surface area contributed by atoms with Crippen molar-refractivity contribution >= 4 is 28.3 Å². The van der Waals surface area contributed by atoms with Crippen molar-refractivity contribution in [3.05, 3.63) is 53.0 Å². The third-order valence-electron chi connectivity index (χ3n) is 4.02. The number of aromatic nitrogens is 2. The Labute approximate surface area is 126 Å². The molecule has 0 spiro atoms. The summed E-state index contributed by atoms with van der Waals surface area (Å²) >= 11 is 1.50. The van der Waals surface area contributed by atoms with Crippen molar-refractivity contribution in [3.63, 3.8) is 0 Å². The maximum Gasteiger partial charge on any atom is 0.265 e. The van der Waals surface area contributed by atoms with E-state index in [9.17, 15) is 4.79 Å². The van der Waals surface area contributed by atoms with Gasteiger partial charge in [0, 0.05) is 6.54 Å². The Balaban J connectivity index is 1.72. The summed E-state index contributed by atoms with van der Waals surface area (Å²) in [4.78, 5) is 19.9. The van der Waals surface area contributed by atoms with E-state index in [0.717, 1.165) is 35.3 Å². The van der Waals surface area contributed by atoms with E-state index < -0.39 is 0 Å². The Bertz CT molecular complexity index is 778. The van der Waals surface area contributed by atoms with Crippen molar-refractivity contribution in [2.45, 2.75) is 19.0 Å². The quantitative estimate of drug-likeness (QED) is 0.725. The number of nitrogens with zero attached hydrogens (tertiary/aromatic N) is 3. The van der Waals surface area contributed by atoms with Gasteiger partial charge in [0.25, 0.3) is 5.91 Å². The summed E-state index contributed by atoms with van der Waals surface area (Å²) in [5.41, 5.74) is 2.07. The largest absolute Gasteiger partial charge is 0.317 e. The lowest BCUT2D eigenvalue weighted by Crippen LogP contribution is -2.32. The van der Waals surface area contributed by atoms with E-state index in [0.29, 0.717) is 0 Å². The van der Waals surface area contributed by atoms with Gasteiger partial charge in [0.2, 0.25) is 0 Å². The van der Waals surface area contributed by atoms with Gasteiger partial charge in [-0.1, -0.05) is 18.2 Å². The number of imidazole rings is 1. The van der Waals surface area contributed by atoms with Gasteiger partial charge < -0.3 is 9.47 Å². The molecule has 4 nitrogen and oxygen atoms in total. The first-order chi connectivity index (χ1) is 10.3. The van der Waals surface area contributed by atoms with E-state index in [2.05, 4.69) is 15.6 Å². The second kappa shape index (κ2) is 5.00. The predicted molar refractivity (Wildman–Crippen MR) is 83.4 cm³/mol. The maximum absolute atomic E-state index is 12.7. The zero-order chi connectivity index (χ0) is 14.2. The van der Waals surface area contributed by atoms with E-state index in [1.807, 2.05) is 46.9 Å². The molecule has 3 aromatic rings. The molecule has 0 radical (unpaired) electrons. The lowest BCUT2D eigenvalue weighted by molar-refractivity contribution is 0.0687. The average molecular weight is 297 g/mol. The highest BCUT2D eigenvalue weighted by Crippen LogP contribution is 2.31. The number of carbonyl (C=O) groups excluding carboxylic acids is 1. The van der Waals surface area contributed by atoms with Crippen LogP contribution in [-0.4, -0.2) is 26.9 Å². The van der Waals surface area contributed by atoms with Crippen LogP contribution < -0.4 is 0 Å². The Morgan fingerprint density at radius 3 is 3.00 bits per heavy atom. The fourth-order valence-corrected chi connectivity index (χ4v) is 3.71. The standard InChI is InChI=1S/C16H15N3OS/c20-16(14-7-4-10-21-14)18-9-3-8-15(18)19-11-17-12-5-1-2-6-13(12)19/h1-2,4-7,10-11,15H,3,8-9H2/t15-/m1/s1. The van der Waals surface area contributed by atoms with Gasteiger partial charge in [-0.15, -0.1) is 11.3 Å². The molecule has 0 aliphatic carbocycles. The molecule has 2 aromatic heterocycles. The van der Waals surface area contributed by atoms with Gasteiger partial charge in [-0.25, -0.2) is 4.98 Å². The molecular formula is C16H15N3OS. The van der Waals surface area contributed by atoms with Gasteiger partial charge in [-0.3, -0.25) is 4.79 Å². The Kier molecular flexibility index (Phi) is 3.00. The van der Waals surface area contributed by atoms with E-state index in [1.165, 1.54) is 11.3 Å². The number of rotatable bonds is 2. The molecule has 1 aromatic carbocycles. The topological polar surface area (TPSA) is 38.1 Å². The maximum atomic E-state index is 12.7. The highest BCUT2D eigenvalue weighted by atomic mass is 32.1. The Morgan fingerprint density at radius 2 is 2.14 bits per heavy atom. The highest BCUT2D eigenvalue weighted by molar-refractivity contribution is 7.12. The molecule has 1 aliphatic heterocycles. The van der Waals surface area contributed by atoms with Crippen LogP contribution >= 0.6 is 11.3 Å². The molecule has 1 amide bonds. The fraction of sp³-hybridized carbons (Fsp3) is 0.250. The molecule has 21 heavy (non-hydrogen) atoms. The molecule has 1 saturated heterocycles. The number of hydrogen-bond acceptors (Lipinski definition) is 3. The number of likely N-dealkylation sites (tertiary alicyclic amines) is 1. The zero-order valence-corrected chi connectivity index (χ0v) is 12.3. The third-order valence-corrected chi connectivity index (χ3v) is 4.87. The van der Waals surface area contributed by atoms with E-state index >= 15 is 0 Å². The number of carbonyl (C=O) groups is 1.